The van der Waals surface area contributed by atoms with E-state index in [1.165, 1.54) is 7.11 Å². The summed E-state index contributed by atoms with van der Waals surface area (Å²) in [4.78, 5) is 16.2. The molecule has 0 unspecified atom stereocenters. The Bertz CT molecular complexity index is 897. The molecule has 6 heteroatoms. The quantitative estimate of drug-likeness (QED) is 0.492. The summed E-state index contributed by atoms with van der Waals surface area (Å²) in [6.45, 7) is -0.191. The van der Waals surface area contributed by atoms with Crippen LogP contribution in [0, 0.1) is 0 Å². The molecule has 1 heterocycles. The van der Waals surface area contributed by atoms with Gasteiger partial charge in [-0.15, -0.1) is 0 Å². The van der Waals surface area contributed by atoms with Gasteiger partial charge in [0.25, 0.3) is 0 Å². The van der Waals surface area contributed by atoms with Crippen molar-refractivity contribution in [1.82, 2.24) is 4.98 Å². The van der Waals surface area contributed by atoms with Crippen LogP contribution in [0.1, 0.15) is 5.56 Å². The molecule has 3 rings (SSSR count). The minimum absolute atomic E-state index is 0.0325. The first-order valence-corrected chi connectivity index (χ1v) is 8.01. The molecule has 0 aliphatic carbocycles. The number of hydrogen-bond donors (Lipinski definition) is 0. The van der Waals surface area contributed by atoms with Crippen LogP contribution >= 0.6 is 11.6 Å². The van der Waals surface area contributed by atoms with Crippen LogP contribution < -0.4 is 9.47 Å². The number of halogens is 1. The maximum atomic E-state index is 11.9. The molecule has 0 atom stereocenters. The predicted octanol–water partition coefficient (Wildman–Crippen LogP) is 4.02. The van der Waals surface area contributed by atoms with Gasteiger partial charge >= 0.3 is 5.97 Å². The molecule has 0 saturated heterocycles. The fourth-order valence-corrected chi connectivity index (χ4v) is 2.51. The van der Waals surface area contributed by atoms with E-state index in [9.17, 15) is 4.79 Å². The molecular weight excluding hydrogens is 342 g/mol. The molecule has 0 aliphatic rings. The molecule has 0 aliphatic heterocycles. The van der Waals surface area contributed by atoms with Crippen molar-refractivity contribution < 1.29 is 19.0 Å². The number of esters is 1. The van der Waals surface area contributed by atoms with E-state index in [1.54, 1.807) is 18.2 Å². The maximum Gasteiger partial charge on any atom is 0.344 e. The van der Waals surface area contributed by atoms with Crippen LogP contribution in [0.5, 0.6) is 11.5 Å². The summed E-state index contributed by atoms with van der Waals surface area (Å²) in [5.41, 5.74) is 1.44. The van der Waals surface area contributed by atoms with Crippen molar-refractivity contribution in [3.63, 3.8) is 0 Å². The summed E-state index contributed by atoms with van der Waals surface area (Å²) in [6.07, 6.45) is 0. The van der Waals surface area contributed by atoms with Gasteiger partial charge in [-0.05, 0) is 24.3 Å². The summed E-state index contributed by atoms with van der Waals surface area (Å²) in [7, 11) is 1.54. The zero-order valence-electron chi connectivity index (χ0n) is 13.6. The smallest absolute Gasteiger partial charge is 0.344 e. The second-order valence-corrected chi connectivity index (χ2v) is 5.59. The minimum Gasteiger partial charge on any atom is -0.493 e. The van der Waals surface area contributed by atoms with Gasteiger partial charge < -0.3 is 14.2 Å². The van der Waals surface area contributed by atoms with Gasteiger partial charge in [0.05, 0.1) is 12.6 Å². The van der Waals surface area contributed by atoms with Crippen molar-refractivity contribution >= 4 is 28.5 Å². The number of carbonyl (C=O) groups is 1. The van der Waals surface area contributed by atoms with Gasteiger partial charge in [0.1, 0.15) is 11.8 Å². The summed E-state index contributed by atoms with van der Waals surface area (Å²) in [5, 5.41) is 1.25. The van der Waals surface area contributed by atoms with Crippen LogP contribution in [0.2, 0.25) is 5.15 Å². The van der Waals surface area contributed by atoms with Gasteiger partial charge in [0.2, 0.25) is 0 Å². The van der Waals surface area contributed by atoms with Crippen LogP contribution in [0.25, 0.3) is 10.9 Å². The predicted molar refractivity (Wildman–Crippen MR) is 95.0 cm³/mol. The fraction of sp³-hybridized carbons (Fsp3) is 0.158. The molecular formula is C19H16ClNO4. The van der Waals surface area contributed by atoms with E-state index in [0.717, 1.165) is 10.9 Å². The largest absolute Gasteiger partial charge is 0.493 e. The molecule has 128 valence electrons. The fourth-order valence-electron chi connectivity index (χ4n) is 2.31. The van der Waals surface area contributed by atoms with Crippen molar-refractivity contribution in [3.05, 3.63) is 65.3 Å². The van der Waals surface area contributed by atoms with Gasteiger partial charge in [-0.3, -0.25) is 0 Å². The Morgan fingerprint density at radius 3 is 2.60 bits per heavy atom. The van der Waals surface area contributed by atoms with Gasteiger partial charge in [0.15, 0.2) is 18.1 Å². The monoisotopic (exact) mass is 357 g/mol. The molecule has 0 bridgehead atoms. The van der Waals surface area contributed by atoms with Crippen LogP contribution in [-0.2, 0) is 16.1 Å². The average Bonchev–Trinajstić information content (AvgIpc) is 2.64. The highest BCUT2D eigenvalue weighted by atomic mass is 35.5. The first-order chi connectivity index (χ1) is 12.2. The van der Waals surface area contributed by atoms with E-state index in [4.69, 9.17) is 25.8 Å². The number of para-hydroxylation sites is 3. The number of pyridine rings is 1. The average molecular weight is 358 g/mol. The molecule has 0 spiro atoms. The molecule has 3 aromatic rings. The summed E-state index contributed by atoms with van der Waals surface area (Å²) in [5.74, 6) is 0.527. The van der Waals surface area contributed by atoms with E-state index in [1.807, 2.05) is 36.4 Å². The number of hydrogen-bond acceptors (Lipinski definition) is 5. The maximum absolute atomic E-state index is 11.9. The Morgan fingerprint density at radius 1 is 1.08 bits per heavy atom. The van der Waals surface area contributed by atoms with Crippen molar-refractivity contribution in [2.24, 2.45) is 0 Å². The van der Waals surface area contributed by atoms with Crippen LogP contribution in [0.15, 0.2) is 54.6 Å². The Kier molecular flexibility index (Phi) is 5.36. The lowest BCUT2D eigenvalue weighted by Crippen LogP contribution is -2.15. The third-order valence-electron chi connectivity index (χ3n) is 3.55. The number of nitrogens with zero attached hydrogens (tertiary/aromatic N) is 1. The summed E-state index contributed by atoms with van der Waals surface area (Å²) < 4.78 is 15.8. The van der Waals surface area contributed by atoms with Gasteiger partial charge in [-0.1, -0.05) is 41.9 Å². The van der Waals surface area contributed by atoms with E-state index in [2.05, 4.69) is 4.98 Å². The zero-order valence-corrected chi connectivity index (χ0v) is 14.3. The SMILES string of the molecule is COc1ccccc1OCC(=O)OCc1cc2ccccc2nc1Cl. The Balaban J connectivity index is 1.60. The molecule has 0 saturated carbocycles. The number of ether oxygens (including phenoxy) is 3. The van der Waals surface area contributed by atoms with Crippen LogP contribution in [0.3, 0.4) is 0 Å². The normalized spacial score (nSPS) is 10.5. The number of carbonyl (C=O) groups excluding carboxylic acids is 1. The minimum atomic E-state index is -0.505. The highest BCUT2D eigenvalue weighted by Crippen LogP contribution is 2.26. The Morgan fingerprint density at radius 2 is 1.80 bits per heavy atom. The van der Waals surface area contributed by atoms with Gasteiger partial charge in [-0.25, -0.2) is 9.78 Å². The Labute approximate surface area is 150 Å². The van der Waals surface area contributed by atoms with Crippen molar-refractivity contribution in [1.29, 1.82) is 0 Å². The van der Waals surface area contributed by atoms with E-state index in [0.29, 0.717) is 22.2 Å². The number of aromatic nitrogens is 1. The second-order valence-electron chi connectivity index (χ2n) is 5.23. The standard InChI is InChI=1S/C19H16ClNO4/c1-23-16-8-4-5-9-17(16)24-12-18(22)25-11-14-10-13-6-2-3-7-15(13)21-19(14)20/h2-10H,11-12H2,1H3. The first kappa shape index (κ1) is 17.0. The molecule has 1 aromatic heterocycles. The first-order valence-electron chi connectivity index (χ1n) is 7.63. The van der Waals surface area contributed by atoms with Crippen LogP contribution in [0.4, 0.5) is 0 Å². The van der Waals surface area contributed by atoms with Crippen molar-refractivity contribution in [3.8, 4) is 11.5 Å². The lowest BCUT2D eigenvalue weighted by atomic mass is 10.2. The van der Waals surface area contributed by atoms with E-state index >= 15 is 0 Å². The Hall–Kier alpha value is -2.79. The molecule has 0 fully saturated rings. The van der Waals surface area contributed by atoms with Gasteiger partial charge in [0, 0.05) is 10.9 Å². The highest BCUT2D eigenvalue weighted by molar-refractivity contribution is 6.30. The van der Waals surface area contributed by atoms with Crippen molar-refractivity contribution in [2.75, 3.05) is 13.7 Å². The molecule has 5 nitrogen and oxygen atoms in total. The number of rotatable bonds is 6. The van der Waals surface area contributed by atoms with E-state index in [-0.39, 0.29) is 13.2 Å². The lowest BCUT2D eigenvalue weighted by Gasteiger charge is -2.11. The second kappa shape index (κ2) is 7.85. The number of fused-ring (bicyclic) bond motifs is 1. The highest BCUT2D eigenvalue weighted by Gasteiger charge is 2.11. The van der Waals surface area contributed by atoms with Gasteiger partial charge in [-0.2, -0.15) is 0 Å². The molecule has 0 N–H and O–H groups in total. The summed E-state index contributed by atoms with van der Waals surface area (Å²) >= 11 is 6.15. The number of methoxy groups -OCH3 is 1. The van der Waals surface area contributed by atoms with Crippen LogP contribution in [-0.4, -0.2) is 24.7 Å². The molecule has 0 radical (unpaired) electrons. The zero-order chi connectivity index (χ0) is 17.6. The van der Waals surface area contributed by atoms with Crippen molar-refractivity contribution in [2.45, 2.75) is 6.61 Å². The topological polar surface area (TPSA) is 57.7 Å². The molecule has 25 heavy (non-hydrogen) atoms. The molecule has 0 amide bonds. The third-order valence-corrected chi connectivity index (χ3v) is 3.88. The lowest BCUT2D eigenvalue weighted by molar-refractivity contribution is -0.147. The third kappa shape index (κ3) is 4.19. The summed E-state index contributed by atoms with van der Waals surface area (Å²) in [6, 6.07) is 16.5. The molecule has 2 aromatic carbocycles. The number of benzene rings is 2. The van der Waals surface area contributed by atoms with E-state index < -0.39 is 5.97 Å².